The molecule has 6 heteroatoms. The highest BCUT2D eigenvalue weighted by Gasteiger charge is 2.40. The molecule has 0 fully saturated rings. The smallest absolute Gasteiger partial charge is 0.217 e. The number of ether oxygens (including phenoxy) is 3. The molecule has 0 unspecified atom stereocenters. The highest BCUT2D eigenvalue weighted by molar-refractivity contribution is 6.12. The van der Waals surface area contributed by atoms with Crippen LogP contribution < -0.4 is 9.47 Å². The summed E-state index contributed by atoms with van der Waals surface area (Å²) >= 11 is 0. The molecule has 0 amide bonds. The minimum absolute atomic E-state index is 0.0349. The molecule has 6 aromatic rings. The van der Waals surface area contributed by atoms with Crippen molar-refractivity contribution >= 4 is 27.7 Å². The third-order valence-corrected chi connectivity index (χ3v) is 9.38. The monoisotopic (exact) mass is 591 g/mol. The average Bonchev–Trinajstić information content (AvgIpc) is 3.67. The molecule has 0 saturated heterocycles. The molecule has 2 aliphatic heterocycles. The molecule has 4 aromatic carbocycles. The molecule has 9 rings (SSSR count). The fraction of sp³-hybridized carbons (Fsp3) is 0.231. The lowest BCUT2D eigenvalue weighted by molar-refractivity contribution is 0.206. The van der Waals surface area contributed by atoms with E-state index in [-0.39, 0.29) is 17.6 Å². The largest absolute Gasteiger partial charge is 0.471 e. The van der Waals surface area contributed by atoms with E-state index in [4.69, 9.17) is 24.2 Å². The molecule has 0 bridgehead atoms. The van der Waals surface area contributed by atoms with Crippen molar-refractivity contribution in [1.29, 1.82) is 0 Å². The molecule has 0 radical (unpaired) electrons. The van der Waals surface area contributed by atoms with E-state index in [1.807, 2.05) is 36.4 Å². The summed E-state index contributed by atoms with van der Waals surface area (Å²) in [5.74, 6) is 4.57. The summed E-state index contributed by atoms with van der Waals surface area (Å²) in [6.07, 6.45) is 2.72. The van der Waals surface area contributed by atoms with Crippen LogP contribution in [-0.4, -0.2) is 21.6 Å². The van der Waals surface area contributed by atoms with Crippen molar-refractivity contribution in [3.05, 3.63) is 118 Å². The number of benzene rings is 4. The van der Waals surface area contributed by atoms with Gasteiger partial charge >= 0.3 is 0 Å². The Morgan fingerprint density at radius 2 is 1.78 bits per heavy atom. The summed E-state index contributed by atoms with van der Waals surface area (Å²) in [7, 11) is 0. The number of pyridine rings is 1. The van der Waals surface area contributed by atoms with Crippen molar-refractivity contribution in [3.8, 4) is 28.8 Å². The number of aryl methyl sites for hydroxylation is 2. The maximum absolute atomic E-state index is 6.59. The average molecular weight is 592 g/mol. The first-order valence-electron chi connectivity index (χ1n) is 15.6. The Bertz CT molecular complexity index is 2250. The van der Waals surface area contributed by atoms with Crippen LogP contribution in [0.25, 0.3) is 27.6 Å². The molecule has 0 N–H and O–H groups in total. The highest BCUT2D eigenvalue weighted by atomic mass is 16.5. The lowest BCUT2D eigenvalue weighted by Gasteiger charge is -2.20. The van der Waals surface area contributed by atoms with Gasteiger partial charge in [0, 0.05) is 35.0 Å². The van der Waals surface area contributed by atoms with Gasteiger partial charge in [-0.15, -0.1) is 0 Å². The van der Waals surface area contributed by atoms with Gasteiger partial charge in [0.15, 0.2) is 17.3 Å². The second-order valence-corrected chi connectivity index (χ2v) is 13.6. The van der Waals surface area contributed by atoms with Gasteiger partial charge in [-0.2, -0.15) is 0 Å². The van der Waals surface area contributed by atoms with Gasteiger partial charge < -0.3 is 14.2 Å². The number of fused-ring (bicyclic) bond motifs is 8. The second-order valence-electron chi connectivity index (χ2n) is 13.6. The van der Waals surface area contributed by atoms with Gasteiger partial charge in [-0.05, 0) is 95.6 Å². The lowest BCUT2D eigenvalue weighted by Crippen LogP contribution is -2.13. The van der Waals surface area contributed by atoms with Crippen LogP contribution in [0.4, 0.5) is 0 Å². The molecule has 0 saturated carbocycles. The Balaban J connectivity index is 1.08. The molecule has 6 nitrogen and oxygen atoms in total. The van der Waals surface area contributed by atoms with E-state index in [0.717, 1.165) is 73.7 Å². The van der Waals surface area contributed by atoms with E-state index in [9.17, 15) is 0 Å². The van der Waals surface area contributed by atoms with Crippen molar-refractivity contribution in [3.63, 3.8) is 0 Å². The summed E-state index contributed by atoms with van der Waals surface area (Å²) in [6, 6.07) is 27.4. The Labute approximate surface area is 261 Å². The summed E-state index contributed by atoms with van der Waals surface area (Å²) < 4.78 is 21.6. The van der Waals surface area contributed by atoms with Crippen LogP contribution in [-0.2, 0) is 16.6 Å². The first-order chi connectivity index (χ1) is 21.7. The summed E-state index contributed by atoms with van der Waals surface area (Å²) in [5.41, 5.74) is 9.28. The van der Waals surface area contributed by atoms with Crippen LogP contribution in [0.3, 0.4) is 0 Å². The fourth-order valence-corrected chi connectivity index (χ4v) is 7.12. The number of nitrogens with zero attached hydrogens (tertiary/aromatic N) is 3. The van der Waals surface area contributed by atoms with E-state index in [2.05, 4.69) is 81.7 Å². The zero-order valence-electron chi connectivity index (χ0n) is 26.0. The predicted octanol–water partition coefficient (Wildman–Crippen LogP) is 9.43. The molecule has 2 aromatic heterocycles. The zero-order valence-corrected chi connectivity index (χ0v) is 26.0. The van der Waals surface area contributed by atoms with Crippen LogP contribution >= 0.6 is 0 Å². The van der Waals surface area contributed by atoms with Gasteiger partial charge in [-0.3, -0.25) is 4.57 Å². The van der Waals surface area contributed by atoms with Crippen LogP contribution in [0, 0.1) is 13.8 Å². The molecule has 0 spiro atoms. The number of hydrogen-bond donors (Lipinski definition) is 0. The van der Waals surface area contributed by atoms with Crippen LogP contribution in [0.2, 0.25) is 0 Å². The SMILES string of the molecule is Cc1cc2c3c(c1)c1cc(C)c(Oc4cccc(C5=N[C@@H]6c7ccc(C(C)(C)C)cc7C[C@@H]6O5)c4)cc1n3-c1ncccc1O2. The number of rotatable bonds is 3. The first-order valence-corrected chi connectivity index (χ1v) is 15.6. The third kappa shape index (κ3) is 4.01. The molecule has 45 heavy (non-hydrogen) atoms. The van der Waals surface area contributed by atoms with Crippen molar-refractivity contribution < 1.29 is 14.2 Å². The van der Waals surface area contributed by atoms with Crippen LogP contribution in [0.5, 0.6) is 23.0 Å². The van der Waals surface area contributed by atoms with Gasteiger partial charge in [0.2, 0.25) is 5.90 Å². The van der Waals surface area contributed by atoms with E-state index >= 15 is 0 Å². The Kier molecular flexibility index (Phi) is 5.38. The topological polar surface area (TPSA) is 57.9 Å². The van der Waals surface area contributed by atoms with Gasteiger partial charge in [0.05, 0.1) is 11.0 Å². The fourth-order valence-electron chi connectivity index (χ4n) is 7.12. The minimum Gasteiger partial charge on any atom is -0.471 e. The third-order valence-electron chi connectivity index (χ3n) is 9.38. The minimum atomic E-state index is 0.0349. The molecule has 2 atom stereocenters. The van der Waals surface area contributed by atoms with E-state index in [1.54, 1.807) is 6.20 Å². The van der Waals surface area contributed by atoms with E-state index in [0.29, 0.717) is 5.90 Å². The highest BCUT2D eigenvalue weighted by Crippen LogP contribution is 2.47. The molecular weight excluding hydrogens is 558 g/mol. The van der Waals surface area contributed by atoms with Gasteiger partial charge in [0.1, 0.15) is 23.6 Å². The summed E-state index contributed by atoms with van der Waals surface area (Å²) in [6.45, 7) is 11.0. The molecule has 1 aliphatic carbocycles. The zero-order chi connectivity index (χ0) is 30.6. The molecule has 4 heterocycles. The van der Waals surface area contributed by atoms with Crippen LogP contribution in [0.15, 0.2) is 90.1 Å². The van der Waals surface area contributed by atoms with E-state index < -0.39 is 0 Å². The quantitative estimate of drug-likeness (QED) is 0.205. The predicted molar refractivity (Wildman–Crippen MR) is 178 cm³/mol. The Morgan fingerprint density at radius 1 is 0.889 bits per heavy atom. The first kappa shape index (κ1) is 26.3. The molecule has 222 valence electrons. The maximum atomic E-state index is 6.59. The molecular formula is C39H33N3O3. The lowest BCUT2D eigenvalue weighted by atomic mass is 9.85. The molecule has 3 aliphatic rings. The number of aromatic nitrogens is 2. The normalized spacial score (nSPS) is 17.8. The number of hydrogen-bond acceptors (Lipinski definition) is 5. The maximum Gasteiger partial charge on any atom is 0.217 e. The van der Waals surface area contributed by atoms with Crippen LogP contribution in [0.1, 0.15) is 60.2 Å². The Hall–Kier alpha value is -5.10. The number of aliphatic imine (C=N–C) groups is 1. The Morgan fingerprint density at radius 3 is 2.64 bits per heavy atom. The van der Waals surface area contributed by atoms with Gasteiger partial charge in [0.25, 0.3) is 0 Å². The van der Waals surface area contributed by atoms with E-state index in [1.165, 1.54) is 16.7 Å². The van der Waals surface area contributed by atoms with Crippen molar-refractivity contribution in [2.75, 3.05) is 0 Å². The van der Waals surface area contributed by atoms with Crippen molar-refractivity contribution in [1.82, 2.24) is 9.55 Å². The second kappa shape index (κ2) is 9.21. The standard InChI is InChI=1S/C39H33N3O3/c1-21-14-29-28-16-22(2)32(20-30(28)42-36(29)34(15-21)44-31-10-7-13-40-37(31)42)43-26-9-6-8-23(18-26)38-41-35-27-12-11-25(39(3,4)5)17-24(27)19-33(35)45-38/h6-18,20,33,35H,19H2,1-5H3/t33-,35+/m0/s1. The summed E-state index contributed by atoms with van der Waals surface area (Å²) in [5, 5.41) is 2.29. The van der Waals surface area contributed by atoms with Crippen molar-refractivity contribution in [2.45, 2.75) is 58.6 Å². The van der Waals surface area contributed by atoms with Gasteiger partial charge in [-0.1, -0.05) is 45.0 Å². The van der Waals surface area contributed by atoms with Gasteiger partial charge in [-0.25, -0.2) is 9.98 Å². The summed E-state index contributed by atoms with van der Waals surface area (Å²) in [4.78, 5) is 9.77. The van der Waals surface area contributed by atoms with Crippen molar-refractivity contribution in [2.24, 2.45) is 4.99 Å².